The van der Waals surface area contributed by atoms with Crippen LogP contribution in [-0.2, 0) is 0 Å². The molecule has 0 bridgehead atoms. The molecular weight excluding hydrogens is 226 g/mol. The minimum Gasteiger partial charge on any atom is -0.475 e. The standard InChI is InChI=1S/C15H25NO2/c1-6-13(16-15(4,5)10-17)18-14-11(2)8-7-9-12(14)3/h7-9,13,16-17H,6,10H2,1-5H3. The number of hydrogen-bond acceptors (Lipinski definition) is 3. The van der Waals surface area contributed by atoms with Gasteiger partial charge in [-0.05, 0) is 45.2 Å². The summed E-state index contributed by atoms with van der Waals surface area (Å²) in [6, 6.07) is 6.13. The molecular formula is C15H25NO2. The number of rotatable bonds is 6. The SMILES string of the molecule is CCC(NC(C)(C)CO)Oc1c(C)cccc1C. The molecule has 0 fully saturated rings. The number of ether oxygens (including phenoxy) is 1. The van der Waals surface area contributed by atoms with E-state index >= 15 is 0 Å². The van der Waals surface area contributed by atoms with E-state index in [1.54, 1.807) is 0 Å². The number of benzene rings is 1. The van der Waals surface area contributed by atoms with Gasteiger partial charge in [0.25, 0.3) is 0 Å². The lowest BCUT2D eigenvalue weighted by atomic mass is 10.1. The monoisotopic (exact) mass is 251 g/mol. The van der Waals surface area contributed by atoms with Crippen molar-refractivity contribution in [2.45, 2.75) is 52.8 Å². The maximum Gasteiger partial charge on any atom is 0.150 e. The summed E-state index contributed by atoms with van der Waals surface area (Å²) in [6.07, 6.45) is 0.754. The summed E-state index contributed by atoms with van der Waals surface area (Å²) < 4.78 is 6.04. The Morgan fingerprint density at radius 2 is 1.83 bits per heavy atom. The zero-order valence-corrected chi connectivity index (χ0v) is 12.1. The zero-order chi connectivity index (χ0) is 13.8. The van der Waals surface area contributed by atoms with Gasteiger partial charge in [-0.1, -0.05) is 25.1 Å². The summed E-state index contributed by atoms with van der Waals surface area (Å²) >= 11 is 0. The molecule has 0 spiro atoms. The van der Waals surface area contributed by atoms with Crippen molar-refractivity contribution >= 4 is 0 Å². The summed E-state index contributed by atoms with van der Waals surface area (Å²) in [5.41, 5.74) is 1.94. The summed E-state index contributed by atoms with van der Waals surface area (Å²) in [5, 5.41) is 12.6. The summed E-state index contributed by atoms with van der Waals surface area (Å²) in [6.45, 7) is 10.2. The minimum absolute atomic E-state index is 0.0830. The largest absolute Gasteiger partial charge is 0.475 e. The third-order valence-corrected chi connectivity index (χ3v) is 2.99. The van der Waals surface area contributed by atoms with E-state index in [0.717, 1.165) is 23.3 Å². The van der Waals surface area contributed by atoms with Crippen LogP contribution >= 0.6 is 0 Å². The Balaban J connectivity index is 2.80. The fraction of sp³-hybridized carbons (Fsp3) is 0.600. The van der Waals surface area contributed by atoms with Crippen molar-refractivity contribution in [2.75, 3.05) is 6.61 Å². The molecule has 0 heterocycles. The van der Waals surface area contributed by atoms with Crippen molar-refractivity contribution in [3.8, 4) is 5.75 Å². The zero-order valence-electron chi connectivity index (χ0n) is 12.1. The predicted octanol–water partition coefficient (Wildman–Crippen LogP) is 2.78. The second-order valence-corrected chi connectivity index (χ2v) is 5.42. The molecule has 0 saturated carbocycles. The highest BCUT2D eigenvalue weighted by atomic mass is 16.5. The van der Waals surface area contributed by atoms with Gasteiger partial charge in [0, 0.05) is 5.54 Å². The van der Waals surface area contributed by atoms with Gasteiger partial charge in [-0.15, -0.1) is 0 Å². The maximum absolute atomic E-state index is 9.30. The van der Waals surface area contributed by atoms with E-state index in [2.05, 4.69) is 12.2 Å². The van der Waals surface area contributed by atoms with Crippen LogP contribution < -0.4 is 10.1 Å². The van der Waals surface area contributed by atoms with Crippen molar-refractivity contribution in [3.63, 3.8) is 0 Å². The normalized spacial score (nSPS) is 13.4. The number of para-hydroxylation sites is 1. The first kappa shape index (κ1) is 15.0. The number of aryl methyl sites for hydroxylation is 2. The quantitative estimate of drug-likeness (QED) is 0.764. The fourth-order valence-corrected chi connectivity index (χ4v) is 1.82. The van der Waals surface area contributed by atoms with Gasteiger partial charge in [0.15, 0.2) is 0 Å². The Bertz CT molecular complexity index is 368. The lowest BCUT2D eigenvalue weighted by Crippen LogP contribution is -2.50. The lowest BCUT2D eigenvalue weighted by molar-refractivity contribution is 0.0878. The van der Waals surface area contributed by atoms with E-state index < -0.39 is 0 Å². The van der Waals surface area contributed by atoms with Crippen LogP contribution in [0.2, 0.25) is 0 Å². The first-order valence-electron chi connectivity index (χ1n) is 6.51. The fourth-order valence-electron chi connectivity index (χ4n) is 1.82. The Kier molecular flexibility index (Phi) is 5.17. The van der Waals surface area contributed by atoms with Crippen LogP contribution in [-0.4, -0.2) is 23.5 Å². The van der Waals surface area contributed by atoms with Gasteiger partial charge in [-0.25, -0.2) is 0 Å². The van der Waals surface area contributed by atoms with Gasteiger partial charge in [0.1, 0.15) is 12.0 Å². The molecule has 0 radical (unpaired) electrons. The van der Waals surface area contributed by atoms with Crippen LogP contribution in [0.15, 0.2) is 18.2 Å². The smallest absolute Gasteiger partial charge is 0.150 e. The number of nitrogens with one attached hydrogen (secondary N) is 1. The van der Waals surface area contributed by atoms with E-state index in [0.29, 0.717) is 0 Å². The van der Waals surface area contributed by atoms with Gasteiger partial charge in [0.2, 0.25) is 0 Å². The first-order valence-corrected chi connectivity index (χ1v) is 6.51. The molecule has 1 aromatic rings. The molecule has 18 heavy (non-hydrogen) atoms. The predicted molar refractivity (Wildman–Crippen MR) is 74.9 cm³/mol. The third kappa shape index (κ3) is 4.00. The van der Waals surface area contributed by atoms with E-state index in [4.69, 9.17) is 4.74 Å². The van der Waals surface area contributed by atoms with E-state index in [1.165, 1.54) is 0 Å². The molecule has 0 saturated heterocycles. The van der Waals surface area contributed by atoms with Crippen molar-refractivity contribution in [2.24, 2.45) is 0 Å². The average Bonchev–Trinajstić information content (AvgIpc) is 2.32. The summed E-state index contributed by atoms with van der Waals surface area (Å²) in [7, 11) is 0. The molecule has 102 valence electrons. The van der Waals surface area contributed by atoms with Gasteiger partial charge in [0.05, 0.1) is 6.61 Å². The number of hydrogen-bond donors (Lipinski definition) is 2. The molecule has 2 N–H and O–H groups in total. The van der Waals surface area contributed by atoms with Crippen LogP contribution in [0.5, 0.6) is 5.75 Å². The lowest BCUT2D eigenvalue weighted by Gasteiger charge is -2.30. The Labute approximate surface area is 110 Å². The highest BCUT2D eigenvalue weighted by Crippen LogP contribution is 2.24. The molecule has 1 aromatic carbocycles. The van der Waals surface area contributed by atoms with E-state index in [-0.39, 0.29) is 18.4 Å². The Morgan fingerprint density at radius 3 is 2.28 bits per heavy atom. The molecule has 3 heteroatoms. The summed E-state index contributed by atoms with van der Waals surface area (Å²) in [5.74, 6) is 0.936. The number of aliphatic hydroxyl groups excluding tert-OH is 1. The molecule has 1 rings (SSSR count). The molecule has 0 aromatic heterocycles. The molecule has 0 aliphatic carbocycles. The third-order valence-electron chi connectivity index (χ3n) is 2.99. The van der Waals surface area contributed by atoms with Gasteiger partial charge in [-0.2, -0.15) is 0 Å². The van der Waals surface area contributed by atoms with Crippen molar-refractivity contribution in [1.82, 2.24) is 5.32 Å². The van der Waals surface area contributed by atoms with Crippen LogP contribution in [0.3, 0.4) is 0 Å². The van der Waals surface area contributed by atoms with Crippen molar-refractivity contribution < 1.29 is 9.84 Å². The Morgan fingerprint density at radius 1 is 1.28 bits per heavy atom. The highest BCUT2D eigenvalue weighted by molar-refractivity contribution is 5.39. The van der Waals surface area contributed by atoms with Crippen molar-refractivity contribution in [1.29, 1.82) is 0 Å². The van der Waals surface area contributed by atoms with Gasteiger partial charge in [-0.3, -0.25) is 5.32 Å². The second kappa shape index (κ2) is 6.21. The molecule has 1 atom stereocenters. The molecule has 0 amide bonds. The van der Waals surface area contributed by atoms with Crippen LogP contribution in [0, 0.1) is 13.8 Å². The van der Waals surface area contributed by atoms with Crippen molar-refractivity contribution in [3.05, 3.63) is 29.3 Å². The highest BCUT2D eigenvalue weighted by Gasteiger charge is 2.22. The van der Waals surface area contributed by atoms with E-state index in [9.17, 15) is 5.11 Å². The maximum atomic E-state index is 9.30. The summed E-state index contributed by atoms with van der Waals surface area (Å²) in [4.78, 5) is 0. The van der Waals surface area contributed by atoms with Crippen LogP contribution in [0.4, 0.5) is 0 Å². The van der Waals surface area contributed by atoms with Crippen LogP contribution in [0.1, 0.15) is 38.3 Å². The van der Waals surface area contributed by atoms with Gasteiger partial charge < -0.3 is 9.84 Å². The van der Waals surface area contributed by atoms with Gasteiger partial charge >= 0.3 is 0 Å². The van der Waals surface area contributed by atoms with Crippen LogP contribution in [0.25, 0.3) is 0 Å². The molecule has 1 unspecified atom stereocenters. The topological polar surface area (TPSA) is 41.5 Å². The molecule has 3 nitrogen and oxygen atoms in total. The average molecular weight is 251 g/mol. The molecule has 0 aliphatic heterocycles. The first-order chi connectivity index (χ1) is 8.39. The minimum atomic E-state index is -0.336. The van der Waals surface area contributed by atoms with E-state index in [1.807, 2.05) is 45.9 Å². The Hall–Kier alpha value is -1.06. The number of aliphatic hydroxyl groups is 1. The second-order valence-electron chi connectivity index (χ2n) is 5.42. The molecule has 0 aliphatic rings.